The Hall–Kier alpha value is -2.14. The van der Waals surface area contributed by atoms with Crippen LogP contribution in [0.3, 0.4) is 0 Å². The molecule has 0 aromatic heterocycles. The lowest BCUT2D eigenvalue weighted by molar-refractivity contribution is -0.117. The molecule has 1 aromatic carbocycles. The second-order valence-corrected chi connectivity index (χ2v) is 4.88. The molecule has 0 bridgehead atoms. The van der Waals surface area contributed by atoms with Gasteiger partial charge in [0.1, 0.15) is 0 Å². The van der Waals surface area contributed by atoms with Gasteiger partial charge >= 0.3 is 5.97 Å². The summed E-state index contributed by atoms with van der Waals surface area (Å²) in [6.45, 7) is 9.58. The summed E-state index contributed by atoms with van der Waals surface area (Å²) in [5, 5.41) is 2.80. The Morgan fingerprint density at radius 2 is 1.86 bits per heavy atom. The van der Waals surface area contributed by atoms with Gasteiger partial charge in [0, 0.05) is 12.2 Å². The highest BCUT2D eigenvalue weighted by Crippen LogP contribution is 2.10. The van der Waals surface area contributed by atoms with Gasteiger partial charge in [-0.3, -0.25) is 9.69 Å². The fourth-order valence-electron chi connectivity index (χ4n) is 1.87. The molecule has 1 aromatic rings. The first kappa shape index (κ1) is 16.9. The minimum atomic E-state index is -0.397. The van der Waals surface area contributed by atoms with E-state index in [0.29, 0.717) is 24.3 Å². The van der Waals surface area contributed by atoms with Crippen LogP contribution in [0.2, 0.25) is 0 Å². The Morgan fingerprint density at radius 3 is 2.33 bits per heavy atom. The molecule has 0 spiro atoms. The molecule has 1 rings (SSSR count). The summed E-state index contributed by atoms with van der Waals surface area (Å²) in [5.74, 6) is -0.490. The lowest BCUT2D eigenvalue weighted by atomic mass is 10.2. The van der Waals surface area contributed by atoms with Crippen molar-refractivity contribution < 1.29 is 14.3 Å². The molecule has 5 heteroatoms. The van der Waals surface area contributed by atoms with E-state index < -0.39 is 5.97 Å². The minimum Gasteiger partial charge on any atom is -0.465 e. The number of amides is 1. The van der Waals surface area contributed by atoms with Crippen LogP contribution < -0.4 is 5.32 Å². The smallest absolute Gasteiger partial charge is 0.337 e. The van der Waals surface area contributed by atoms with E-state index in [1.807, 2.05) is 18.7 Å². The van der Waals surface area contributed by atoms with E-state index in [2.05, 4.69) is 16.6 Å². The first-order chi connectivity index (χ1) is 9.96. The standard InChI is InChI=1S/C16H22N2O3/c1-5-18(10-12(2)3)11-15(19)17-14-8-6-13(7-9-14)16(20)21-4/h6-9H,2,5,10-11H2,1,3-4H3,(H,17,19). The van der Waals surface area contributed by atoms with Crippen LogP contribution >= 0.6 is 0 Å². The number of nitrogens with one attached hydrogen (secondary N) is 1. The number of rotatable bonds is 7. The van der Waals surface area contributed by atoms with Gasteiger partial charge in [-0.2, -0.15) is 0 Å². The summed E-state index contributed by atoms with van der Waals surface area (Å²) >= 11 is 0. The van der Waals surface area contributed by atoms with Gasteiger partial charge in [0.25, 0.3) is 0 Å². The van der Waals surface area contributed by atoms with E-state index in [9.17, 15) is 9.59 Å². The predicted molar refractivity (Wildman–Crippen MR) is 83.3 cm³/mol. The molecule has 0 aliphatic carbocycles. The van der Waals surface area contributed by atoms with E-state index in [0.717, 1.165) is 12.1 Å². The SMILES string of the molecule is C=C(C)CN(CC)CC(=O)Nc1ccc(C(=O)OC)cc1. The third kappa shape index (κ3) is 5.79. The first-order valence-electron chi connectivity index (χ1n) is 6.81. The van der Waals surface area contributed by atoms with Crippen LogP contribution in [0, 0.1) is 0 Å². The van der Waals surface area contributed by atoms with Gasteiger partial charge < -0.3 is 10.1 Å². The Kier molecular flexibility index (Phi) is 6.62. The van der Waals surface area contributed by atoms with Gasteiger partial charge in [0.15, 0.2) is 0 Å². The number of ether oxygens (including phenoxy) is 1. The molecule has 0 radical (unpaired) electrons. The number of likely N-dealkylation sites (N-methyl/N-ethyl adjacent to an activating group) is 1. The van der Waals surface area contributed by atoms with Crippen LogP contribution in [-0.4, -0.2) is 43.5 Å². The highest BCUT2D eigenvalue weighted by molar-refractivity contribution is 5.93. The number of hydrogen-bond acceptors (Lipinski definition) is 4. The third-order valence-electron chi connectivity index (χ3n) is 2.90. The summed E-state index contributed by atoms with van der Waals surface area (Å²) in [4.78, 5) is 25.3. The van der Waals surface area contributed by atoms with Crippen molar-refractivity contribution in [1.82, 2.24) is 4.90 Å². The van der Waals surface area contributed by atoms with Crippen molar-refractivity contribution in [3.63, 3.8) is 0 Å². The van der Waals surface area contributed by atoms with E-state index in [4.69, 9.17) is 0 Å². The molecule has 0 atom stereocenters. The molecule has 0 saturated heterocycles. The number of anilines is 1. The zero-order valence-corrected chi connectivity index (χ0v) is 12.8. The van der Waals surface area contributed by atoms with Crippen molar-refractivity contribution in [3.8, 4) is 0 Å². The molecule has 0 aliphatic heterocycles. The first-order valence-corrected chi connectivity index (χ1v) is 6.81. The number of esters is 1. The van der Waals surface area contributed by atoms with Crippen molar-refractivity contribution in [3.05, 3.63) is 42.0 Å². The molecular weight excluding hydrogens is 268 g/mol. The summed E-state index contributed by atoms with van der Waals surface area (Å²) in [5.41, 5.74) is 2.12. The number of carbonyl (C=O) groups excluding carboxylic acids is 2. The second kappa shape index (κ2) is 8.21. The molecule has 1 amide bonds. The predicted octanol–water partition coefficient (Wildman–Crippen LogP) is 2.31. The molecule has 0 aliphatic rings. The number of benzene rings is 1. The highest BCUT2D eigenvalue weighted by Gasteiger charge is 2.10. The second-order valence-electron chi connectivity index (χ2n) is 4.88. The molecule has 114 valence electrons. The van der Waals surface area contributed by atoms with E-state index >= 15 is 0 Å². The minimum absolute atomic E-state index is 0.0936. The lowest BCUT2D eigenvalue weighted by Crippen LogP contribution is -2.34. The number of nitrogens with zero attached hydrogens (tertiary/aromatic N) is 1. The zero-order valence-electron chi connectivity index (χ0n) is 12.8. The lowest BCUT2D eigenvalue weighted by Gasteiger charge is -2.19. The molecule has 21 heavy (non-hydrogen) atoms. The quantitative estimate of drug-likeness (QED) is 0.618. The van der Waals surface area contributed by atoms with Crippen molar-refractivity contribution >= 4 is 17.6 Å². The maximum absolute atomic E-state index is 12.0. The maximum atomic E-state index is 12.0. The van der Waals surface area contributed by atoms with Crippen molar-refractivity contribution in [2.24, 2.45) is 0 Å². The normalized spacial score (nSPS) is 10.3. The Bertz CT molecular complexity index is 509. The molecule has 1 N–H and O–H groups in total. The molecule has 5 nitrogen and oxygen atoms in total. The van der Waals surface area contributed by atoms with Crippen molar-refractivity contribution in [2.75, 3.05) is 32.1 Å². The average Bonchev–Trinajstić information content (AvgIpc) is 2.45. The third-order valence-corrected chi connectivity index (χ3v) is 2.90. The Morgan fingerprint density at radius 1 is 1.24 bits per heavy atom. The number of hydrogen-bond donors (Lipinski definition) is 1. The topological polar surface area (TPSA) is 58.6 Å². The van der Waals surface area contributed by atoms with Crippen LogP contribution in [0.15, 0.2) is 36.4 Å². The van der Waals surface area contributed by atoms with Crippen LogP contribution in [0.1, 0.15) is 24.2 Å². The van der Waals surface area contributed by atoms with Crippen LogP contribution in [-0.2, 0) is 9.53 Å². The van der Waals surface area contributed by atoms with Gasteiger partial charge in [-0.15, -0.1) is 0 Å². The Labute approximate surface area is 125 Å². The molecule has 0 unspecified atom stereocenters. The molecule has 0 fully saturated rings. The maximum Gasteiger partial charge on any atom is 0.337 e. The van der Waals surface area contributed by atoms with Gasteiger partial charge in [-0.05, 0) is 37.7 Å². The van der Waals surface area contributed by atoms with Gasteiger partial charge in [0.05, 0.1) is 19.2 Å². The monoisotopic (exact) mass is 290 g/mol. The molecule has 0 saturated carbocycles. The summed E-state index contributed by atoms with van der Waals surface area (Å²) in [7, 11) is 1.33. The Balaban J connectivity index is 2.58. The van der Waals surface area contributed by atoms with Crippen LogP contribution in [0.5, 0.6) is 0 Å². The van der Waals surface area contributed by atoms with E-state index in [-0.39, 0.29) is 5.91 Å². The van der Waals surface area contributed by atoms with Gasteiger partial charge in [-0.1, -0.05) is 19.1 Å². The summed E-state index contributed by atoms with van der Waals surface area (Å²) in [6, 6.07) is 6.60. The molecular formula is C16H22N2O3. The number of methoxy groups -OCH3 is 1. The van der Waals surface area contributed by atoms with Gasteiger partial charge in [-0.25, -0.2) is 4.79 Å². The largest absolute Gasteiger partial charge is 0.465 e. The number of carbonyl (C=O) groups is 2. The van der Waals surface area contributed by atoms with E-state index in [1.54, 1.807) is 24.3 Å². The summed E-state index contributed by atoms with van der Waals surface area (Å²) < 4.78 is 4.62. The fraction of sp³-hybridized carbons (Fsp3) is 0.375. The van der Waals surface area contributed by atoms with Crippen molar-refractivity contribution in [2.45, 2.75) is 13.8 Å². The zero-order chi connectivity index (χ0) is 15.8. The summed E-state index contributed by atoms with van der Waals surface area (Å²) in [6.07, 6.45) is 0. The average molecular weight is 290 g/mol. The highest BCUT2D eigenvalue weighted by atomic mass is 16.5. The van der Waals surface area contributed by atoms with Crippen molar-refractivity contribution in [1.29, 1.82) is 0 Å². The fourth-order valence-corrected chi connectivity index (χ4v) is 1.87. The van der Waals surface area contributed by atoms with E-state index in [1.165, 1.54) is 7.11 Å². The molecule has 0 heterocycles. The van der Waals surface area contributed by atoms with Gasteiger partial charge in [0.2, 0.25) is 5.91 Å². The van der Waals surface area contributed by atoms with Crippen LogP contribution in [0.4, 0.5) is 5.69 Å². The van der Waals surface area contributed by atoms with Crippen LogP contribution in [0.25, 0.3) is 0 Å².